The third-order valence-electron chi connectivity index (χ3n) is 5.47. The number of rotatable bonds is 2. The highest BCUT2D eigenvalue weighted by atomic mass is 35.5. The molecule has 0 atom stereocenters. The van der Waals surface area contributed by atoms with Gasteiger partial charge in [0, 0.05) is 29.9 Å². The van der Waals surface area contributed by atoms with E-state index in [1.54, 1.807) is 6.33 Å². The molecule has 1 aromatic carbocycles. The van der Waals surface area contributed by atoms with E-state index in [9.17, 15) is 0 Å². The molecule has 6 heteroatoms. The quantitative estimate of drug-likeness (QED) is 0.636. The Morgan fingerprint density at radius 3 is 2.21 bits per heavy atom. The Labute approximate surface area is 171 Å². The summed E-state index contributed by atoms with van der Waals surface area (Å²) in [5.74, 6) is 1.04. The highest BCUT2D eigenvalue weighted by molar-refractivity contribution is 6.30. The fraction of sp³-hybridized carbons (Fsp3) is 0.455. The lowest BCUT2D eigenvalue weighted by Gasteiger charge is -2.28. The molecule has 28 heavy (non-hydrogen) atoms. The van der Waals surface area contributed by atoms with Crippen LogP contribution in [0.4, 0.5) is 5.82 Å². The van der Waals surface area contributed by atoms with Crippen molar-refractivity contribution in [2.24, 2.45) is 0 Å². The van der Waals surface area contributed by atoms with Crippen LogP contribution >= 0.6 is 11.6 Å². The van der Waals surface area contributed by atoms with Gasteiger partial charge in [-0.3, -0.25) is 0 Å². The molecule has 2 aliphatic heterocycles. The first-order valence-electron chi connectivity index (χ1n) is 10.4. The van der Waals surface area contributed by atoms with Crippen molar-refractivity contribution < 1.29 is 0 Å². The lowest BCUT2D eigenvalue weighted by molar-refractivity contribution is 0.520. The monoisotopic (exact) mass is 397 g/mol. The number of halogens is 1. The number of H-pyrrole nitrogens is 1. The van der Waals surface area contributed by atoms with Gasteiger partial charge in [0.1, 0.15) is 17.8 Å². The summed E-state index contributed by atoms with van der Waals surface area (Å²) in [7, 11) is 0. The molecule has 2 saturated heterocycles. The fourth-order valence-electron chi connectivity index (χ4n) is 3.95. The van der Waals surface area contributed by atoms with E-state index in [-0.39, 0.29) is 0 Å². The minimum atomic E-state index is 0.746. The van der Waals surface area contributed by atoms with Crippen molar-refractivity contribution in [3.8, 4) is 11.1 Å². The molecule has 5 rings (SSSR count). The summed E-state index contributed by atoms with van der Waals surface area (Å²) in [5.41, 5.74) is 3.15. The predicted octanol–water partition coefficient (Wildman–Crippen LogP) is 5.03. The smallest absolute Gasteiger partial charge is 0.143 e. The predicted molar refractivity (Wildman–Crippen MR) is 117 cm³/mol. The molecule has 2 N–H and O–H groups in total. The van der Waals surface area contributed by atoms with Crippen molar-refractivity contribution in [1.82, 2.24) is 20.3 Å². The van der Waals surface area contributed by atoms with E-state index in [0.29, 0.717) is 0 Å². The van der Waals surface area contributed by atoms with Gasteiger partial charge in [0.2, 0.25) is 0 Å². The van der Waals surface area contributed by atoms with Crippen LogP contribution in [0.25, 0.3) is 22.2 Å². The van der Waals surface area contributed by atoms with E-state index in [1.807, 2.05) is 30.5 Å². The molecular formula is C22H28ClN5. The van der Waals surface area contributed by atoms with Gasteiger partial charge in [0.25, 0.3) is 0 Å². The number of nitrogens with one attached hydrogen (secondary N) is 2. The molecule has 0 amide bonds. The van der Waals surface area contributed by atoms with Gasteiger partial charge in [0.05, 0.1) is 5.39 Å². The zero-order valence-corrected chi connectivity index (χ0v) is 17.0. The Balaban J connectivity index is 0.000000275. The zero-order chi connectivity index (χ0) is 19.2. The van der Waals surface area contributed by atoms with E-state index >= 15 is 0 Å². The largest absolute Gasteiger partial charge is 0.356 e. The fourth-order valence-corrected chi connectivity index (χ4v) is 4.08. The van der Waals surface area contributed by atoms with Gasteiger partial charge in [0.15, 0.2) is 0 Å². The molecular weight excluding hydrogens is 370 g/mol. The molecule has 4 heterocycles. The van der Waals surface area contributed by atoms with Crippen LogP contribution in [-0.2, 0) is 0 Å². The zero-order valence-electron chi connectivity index (χ0n) is 16.3. The minimum absolute atomic E-state index is 0.746. The molecule has 0 aliphatic carbocycles. The number of aromatic nitrogens is 3. The SMILES string of the molecule is C1CCNCC1.Clc1ccc(-c2c[nH]c3ncnc(N4CCCCC4)c23)cc1. The van der Waals surface area contributed by atoms with E-state index < -0.39 is 0 Å². The normalized spacial score (nSPS) is 17.2. The Morgan fingerprint density at radius 1 is 0.857 bits per heavy atom. The molecule has 0 unspecified atom stereocenters. The number of benzene rings is 1. The van der Waals surface area contributed by atoms with Crippen LogP contribution < -0.4 is 10.2 Å². The summed E-state index contributed by atoms with van der Waals surface area (Å²) in [5, 5.41) is 5.13. The Morgan fingerprint density at radius 2 is 1.57 bits per heavy atom. The average molecular weight is 398 g/mol. The lowest BCUT2D eigenvalue weighted by atomic mass is 10.1. The van der Waals surface area contributed by atoms with Crippen LogP contribution in [0.5, 0.6) is 0 Å². The van der Waals surface area contributed by atoms with Crippen LogP contribution in [0.3, 0.4) is 0 Å². The van der Waals surface area contributed by atoms with Gasteiger partial charge in [-0.15, -0.1) is 0 Å². The second-order valence-corrected chi connectivity index (χ2v) is 7.92. The summed E-state index contributed by atoms with van der Waals surface area (Å²) in [4.78, 5) is 14.6. The standard InChI is InChI=1S/C17H17ClN4.C5H11N/c18-13-6-4-12(5-7-13)14-10-19-16-15(14)17(21-11-20-16)22-8-2-1-3-9-22;1-2-4-6-5-3-1/h4-7,10-11H,1-3,8-9H2,(H,19,20,21);6H,1-5H2. The van der Waals surface area contributed by atoms with Crippen LogP contribution in [0.2, 0.25) is 5.02 Å². The average Bonchev–Trinajstić information content (AvgIpc) is 3.21. The number of anilines is 1. The maximum atomic E-state index is 6.00. The van der Waals surface area contributed by atoms with Gasteiger partial charge in [-0.1, -0.05) is 30.2 Å². The second-order valence-electron chi connectivity index (χ2n) is 7.49. The van der Waals surface area contributed by atoms with Gasteiger partial charge >= 0.3 is 0 Å². The van der Waals surface area contributed by atoms with Crippen LogP contribution in [0.15, 0.2) is 36.8 Å². The van der Waals surface area contributed by atoms with Crippen LogP contribution in [-0.4, -0.2) is 41.1 Å². The summed E-state index contributed by atoms with van der Waals surface area (Å²) < 4.78 is 0. The molecule has 148 valence electrons. The third-order valence-corrected chi connectivity index (χ3v) is 5.72. The molecule has 0 bridgehead atoms. The van der Waals surface area contributed by atoms with Gasteiger partial charge in [-0.25, -0.2) is 9.97 Å². The first-order valence-corrected chi connectivity index (χ1v) is 10.7. The third kappa shape index (κ3) is 4.47. The molecule has 2 fully saturated rings. The topological polar surface area (TPSA) is 56.8 Å². The maximum Gasteiger partial charge on any atom is 0.143 e. The molecule has 3 aromatic rings. The number of hydrogen-bond acceptors (Lipinski definition) is 4. The highest BCUT2D eigenvalue weighted by Gasteiger charge is 2.19. The summed E-state index contributed by atoms with van der Waals surface area (Å²) >= 11 is 6.00. The summed E-state index contributed by atoms with van der Waals surface area (Å²) in [6.45, 7) is 4.63. The minimum Gasteiger partial charge on any atom is -0.356 e. The van der Waals surface area contributed by atoms with Crippen molar-refractivity contribution >= 4 is 28.5 Å². The highest BCUT2D eigenvalue weighted by Crippen LogP contribution is 2.34. The van der Waals surface area contributed by atoms with E-state index in [4.69, 9.17) is 11.6 Å². The Hall–Kier alpha value is -2.11. The van der Waals surface area contributed by atoms with Crippen molar-refractivity contribution in [3.05, 3.63) is 41.8 Å². The van der Waals surface area contributed by atoms with Gasteiger partial charge < -0.3 is 15.2 Å². The lowest BCUT2D eigenvalue weighted by Crippen LogP contribution is -2.30. The van der Waals surface area contributed by atoms with Gasteiger partial charge in [-0.05, 0) is 62.9 Å². The number of aromatic amines is 1. The van der Waals surface area contributed by atoms with E-state index in [2.05, 4.69) is 25.2 Å². The van der Waals surface area contributed by atoms with E-state index in [1.165, 1.54) is 51.6 Å². The van der Waals surface area contributed by atoms with Crippen molar-refractivity contribution in [3.63, 3.8) is 0 Å². The van der Waals surface area contributed by atoms with Crippen molar-refractivity contribution in [2.75, 3.05) is 31.1 Å². The molecule has 2 aliphatic rings. The first-order chi connectivity index (χ1) is 13.8. The molecule has 0 radical (unpaired) electrons. The first kappa shape index (κ1) is 19.2. The van der Waals surface area contributed by atoms with Crippen LogP contribution in [0, 0.1) is 0 Å². The van der Waals surface area contributed by atoms with Crippen molar-refractivity contribution in [2.45, 2.75) is 38.5 Å². The van der Waals surface area contributed by atoms with Crippen molar-refractivity contribution in [1.29, 1.82) is 0 Å². The molecule has 5 nitrogen and oxygen atoms in total. The molecule has 0 saturated carbocycles. The Bertz CT molecular complexity index is 868. The van der Waals surface area contributed by atoms with Crippen LogP contribution in [0.1, 0.15) is 38.5 Å². The van der Waals surface area contributed by atoms with E-state index in [0.717, 1.165) is 46.1 Å². The number of hydrogen-bond donors (Lipinski definition) is 2. The second kappa shape index (κ2) is 9.39. The maximum absolute atomic E-state index is 6.00. The molecule has 0 spiro atoms. The summed E-state index contributed by atoms with van der Waals surface area (Å²) in [6, 6.07) is 7.91. The summed E-state index contributed by atoms with van der Waals surface area (Å²) in [6.07, 6.45) is 11.6. The molecule has 2 aromatic heterocycles. The Kier molecular flexibility index (Phi) is 6.45. The van der Waals surface area contributed by atoms with Gasteiger partial charge in [-0.2, -0.15) is 0 Å². The number of nitrogens with zero attached hydrogens (tertiary/aromatic N) is 3. The number of piperidine rings is 2. The number of fused-ring (bicyclic) bond motifs is 1.